The molecule has 21 heavy (non-hydrogen) atoms. The summed E-state index contributed by atoms with van der Waals surface area (Å²) >= 11 is 0. The average Bonchev–Trinajstić information content (AvgIpc) is 2.47. The Morgan fingerprint density at radius 2 is 2.14 bits per heavy atom. The van der Waals surface area contributed by atoms with E-state index < -0.39 is 5.97 Å². The summed E-state index contributed by atoms with van der Waals surface area (Å²) in [5.74, 6) is 0.0518. The molecular formula is C15H17N3O3. The van der Waals surface area contributed by atoms with Gasteiger partial charge in [0.25, 0.3) is 0 Å². The molecule has 0 spiro atoms. The van der Waals surface area contributed by atoms with Gasteiger partial charge in [0.15, 0.2) is 0 Å². The normalized spacial score (nSPS) is 10.2. The lowest BCUT2D eigenvalue weighted by Crippen LogP contribution is -2.21. The number of aromatic nitrogens is 1. The van der Waals surface area contributed by atoms with Crippen LogP contribution in [-0.4, -0.2) is 30.2 Å². The van der Waals surface area contributed by atoms with Crippen LogP contribution in [0.4, 0.5) is 11.5 Å². The summed E-state index contributed by atoms with van der Waals surface area (Å²) in [6.45, 7) is 0.473. The highest BCUT2D eigenvalue weighted by Crippen LogP contribution is 2.24. The molecule has 1 aromatic carbocycles. The van der Waals surface area contributed by atoms with Crippen molar-refractivity contribution in [2.24, 2.45) is 0 Å². The summed E-state index contributed by atoms with van der Waals surface area (Å²) in [4.78, 5) is 17.2. The highest BCUT2D eigenvalue weighted by molar-refractivity contribution is 5.94. The van der Waals surface area contributed by atoms with Gasteiger partial charge in [0.05, 0.1) is 19.0 Å². The molecular weight excluding hydrogens is 270 g/mol. The van der Waals surface area contributed by atoms with Crippen LogP contribution < -0.4 is 15.4 Å². The Labute approximate surface area is 122 Å². The van der Waals surface area contributed by atoms with Crippen molar-refractivity contribution in [3.05, 3.63) is 47.7 Å². The van der Waals surface area contributed by atoms with Crippen molar-refractivity contribution in [3.63, 3.8) is 0 Å². The van der Waals surface area contributed by atoms with Gasteiger partial charge in [0, 0.05) is 19.2 Å². The molecule has 0 aliphatic carbocycles. The Bertz CT molecular complexity index is 658. The number of pyridine rings is 1. The van der Waals surface area contributed by atoms with Crippen molar-refractivity contribution in [1.82, 2.24) is 4.98 Å². The minimum Gasteiger partial charge on any atom is -0.496 e. The van der Waals surface area contributed by atoms with Crippen LogP contribution >= 0.6 is 0 Å². The monoisotopic (exact) mass is 287 g/mol. The number of aromatic carboxylic acids is 1. The first kappa shape index (κ1) is 14.6. The zero-order valence-electron chi connectivity index (χ0n) is 11.9. The minimum atomic E-state index is -1.06. The van der Waals surface area contributed by atoms with E-state index in [4.69, 9.17) is 10.5 Å². The maximum absolute atomic E-state index is 11.3. The summed E-state index contributed by atoms with van der Waals surface area (Å²) < 4.78 is 5.30. The first-order valence-electron chi connectivity index (χ1n) is 6.34. The molecule has 0 bridgehead atoms. The van der Waals surface area contributed by atoms with Crippen LogP contribution in [0.2, 0.25) is 0 Å². The number of nitrogen functional groups attached to an aromatic ring is 1. The van der Waals surface area contributed by atoms with E-state index in [1.54, 1.807) is 19.1 Å². The second-order valence-electron chi connectivity index (χ2n) is 4.61. The van der Waals surface area contributed by atoms with E-state index in [1.165, 1.54) is 12.3 Å². The standard InChI is InChI=1S/C15H17N3O3/c1-18(9-10-5-3-4-6-13(10)21-2)14-12(15(19)20)7-11(16)8-17-14/h3-8H,9,16H2,1-2H3,(H,19,20). The van der Waals surface area contributed by atoms with Gasteiger partial charge >= 0.3 is 5.97 Å². The van der Waals surface area contributed by atoms with Crippen molar-refractivity contribution in [3.8, 4) is 5.75 Å². The first-order valence-corrected chi connectivity index (χ1v) is 6.34. The van der Waals surface area contributed by atoms with E-state index in [1.807, 2.05) is 24.3 Å². The molecule has 2 rings (SSSR count). The molecule has 0 fully saturated rings. The molecule has 0 saturated heterocycles. The molecule has 3 N–H and O–H groups in total. The lowest BCUT2D eigenvalue weighted by atomic mass is 10.1. The van der Waals surface area contributed by atoms with Crippen LogP contribution in [0.25, 0.3) is 0 Å². The van der Waals surface area contributed by atoms with Gasteiger partial charge in [-0.3, -0.25) is 0 Å². The number of methoxy groups -OCH3 is 1. The summed E-state index contributed by atoms with van der Waals surface area (Å²) in [5.41, 5.74) is 6.94. The summed E-state index contributed by atoms with van der Waals surface area (Å²) in [5, 5.41) is 9.26. The predicted octanol–water partition coefficient (Wildman–Crippen LogP) is 2.01. The van der Waals surface area contributed by atoms with Crippen molar-refractivity contribution in [1.29, 1.82) is 0 Å². The quantitative estimate of drug-likeness (QED) is 0.874. The molecule has 0 unspecified atom stereocenters. The Morgan fingerprint density at radius 3 is 2.81 bits per heavy atom. The number of nitrogens with two attached hydrogens (primary N) is 1. The number of para-hydroxylation sites is 1. The van der Waals surface area contributed by atoms with Crippen LogP contribution in [-0.2, 0) is 6.54 Å². The van der Waals surface area contributed by atoms with Crippen LogP contribution in [0, 0.1) is 0 Å². The first-order chi connectivity index (χ1) is 10.0. The van der Waals surface area contributed by atoms with E-state index in [9.17, 15) is 9.90 Å². The Kier molecular flexibility index (Phi) is 4.27. The number of rotatable bonds is 5. The number of ether oxygens (including phenoxy) is 1. The maximum atomic E-state index is 11.3. The van der Waals surface area contributed by atoms with E-state index in [-0.39, 0.29) is 5.56 Å². The number of hydrogen-bond donors (Lipinski definition) is 2. The third-order valence-electron chi connectivity index (χ3n) is 3.08. The zero-order chi connectivity index (χ0) is 15.4. The number of anilines is 2. The number of carboxylic acid groups (broad SMARTS) is 1. The fourth-order valence-corrected chi connectivity index (χ4v) is 2.10. The molecule has 1 heterocycles. The van der Waals surface area contributed by atoms with Crippen molar-refractivity contribution in [2.75, 3.05) is 24.8 Å². The molecule has 0 radical (unpaired) electrons. The fourth-order valence-electron chi connectivity index (χ4n) is 2.10. The van der Waals surface area contributed by atoms with Gasteiger partial charge < -0.3 is 20.5 Å². The zero-order valence-corrected chi connectivity index (χ0v) is 11.9. The second kappa shape index (κ2) is 6.13. The van der Waals surface area contributed by atoms with Gasteiger partial charge in [-0.2, -0.15) is 0 Å². The van der Waals surface area contributed by atoms with E-state index in [0.29, 0.717) is 18.1 Å². The molecule has 110 valence electrons. The Morgan fingerprint density at radius 1 is 1.43 bits per heavy atom. The predicted molar refractivity (Wildman–Crippen MR) is 80.7 cm³/mol. The van der Waals surface area contributed by atoms with Gasteiger partial charge in [-0.15, -0.1) is 0 Å². The summed E-state index contributed by atoms with van der Waals surface area (Å²) in [7, 11) is 3.38. The molecule has 0 saturated carbocycles. The fraction of sp³-hybridized carbons (Fsp3) is 0.200. The van der Waals surface area contributed by atoms with Crippen LogP contribution in [0.1, 0.15) is 15.9 Å². The molecule has 2 aromatic rings. The molecule has 1 aromatic heterocycles. The molecule has 0 atom stereocenters. The number of nitrogens with zero attached hydrogens (tertiary/aromatic N) is 2. The highest BCUT2D eigenvalue weighted by Gasteiger charge is 2.16. The van der Waals surface area contributed by atoms with Crippen LogP contribution in [0.15, 0.2) is 36.5 Å². The van der Waals surface area contributed by atoms with Gasteiger partial charge in [-0.25, -0.2) is 9.78 Å². The summed E-state index contributed by atoms with van der Waals surface area (Å²) in [6.07, 6.45) is 1.44. The molecule has 0 aliphatic heterocycles. The second-order valence-corrected chi connectivity index (χ2v) is 4.61. The van der Waals surface area contributed by atoms with Gasteiger partial charge in [0.1, 0.15) is 17.1 Å². The third-order valence-corrected chi connectivity index (χ3v) is 3.08. The topological polar surface area (TPSA) is 88.7 Å². The van der Waals surface area contributed by atoms with Gasteiger partial charge in [-0.05, 0) is 12.1 Å². The number of carbonyl (C=O) groups is 1. The maximum Gasteiger partial charge on any atom is 0.339 e. The molecule has 0 aliphatic rings. The lowest BCUT2D eigenvalue weighted by Gasteiger charge is -2.21. The Hall–Kier alpha value is -2.76. The minimum absolute atomic E-state index is 0.0763. The molecule has 0 amide bonds. The number of benzene rings is 1. The van der Waals surface area contributed by atoms with Crippen molar-refractivity contribution < 1.29 is 14.6 Å². The van der Waals surface area contributed by atoms with Crippen molar-refractivity contribution in [2.45, 2.75) is 6.54 Å². The number of hydrogen-bond acceptors (Lipinski definition) is 5. The van der Waals surface area contributed by atoms with Crippen molar-refractivity contribution >= 4 is 17.5 Å². The third kappa shape index (κ3) is 3.22. The van der Waals surface area contributed by atoms with E-state index >= 15 is 0 Å². The molecule has 6 heteroatoms. The highest BCUT2D eigenvalue weighted by atomic mass is 16.5. The smallest absolute Gasteiger partial charge is 0.339 e. The molecule has 6 nitrogen and oxygen atoms in total. The van der Waals surface area contributed by atoms with Gasteiger partial charge in [-0.1, -0.05) is 18.2 Å². The van der Waals surface area contributed by atoms with E-state index in [2.05, 4.69) is 4.98 Å². The largest absolute Gasteiger partial charge is 0.496 e. The lowest BCUT2D eigenvalue weighted by molar-refractivity contribution is 0.0697. The average molecular weight is 287 g/mol. The summed E-state index contributed by atoms with van der Waals surface area (Å²) in [6, 6.07) is 8.97. The number of carboxylic acids is 1. The van der Waals surface area contributed by atoms with Crippen LogP contribution in [0.3, 0.4) is 0 Å². The SMILES string of the molecule is COc1ccccc1CN(C)c1ncc(N)cc1C(=O)O. The van der Waals surface area contributed by atoms with Crippen LogP contribution in [0.5, 0.6) is 5.75 Å². The van der Waals surface area contributed by atoms with Gasteiger partial charge in [0.2, 0.25) is 0 Å². The Balaban J connectivity index is 2.32. The van der Waals surface area contributed by atoms with E-state index in [0.717, 1.165) is 11.3 Å².